The molecule has 1 aliphatic rings. The Morgan fingerprint density at radius 3 is 2.95 bits per heavy atom. The average molecular weight is 336 g/mol. The van der Waals surface area contributed by atoms with E-state index in [4.69, 9.17) is 0 Å². The molecule has 0 saturated heterocycles. The summed E-state index contributed by atoms with van der Waals surface area (Å²) in [7, 11) is 0. The van der Waals surface area contributed by atoms with Crippen molar-refractivity contribution in [2.75, 3.05) is 18.5 Å². The molecule has 1 heterocycles. The third-order valence-corrected chi connectivity index (χ3v) is 4.64. The van der Waals surface area contributed by atoms with Gasteiger partial charge in [0.1, 0.15) is 6.61 Å². The minimum atomic E-state index is -4.36. The second kappa shape index (κ2) is 7.41. The summed E-state index contributed by atoms with van der Waals surface area (Å²) in [6.07, 6.45) is -0.303. The van der Waals surface area contributed by atoms with E-state index in [1.807, 2.05) is 0 Å². The molecule has 2 rings (SSSR count). The van der Waals surface area contributed by atoms with E-state index in [1.54, 1.807) is 0 Å². The minimum Gasteiger partial charge on any atom is -0.372 e. The van der Waals surface area contributed by atoms with Crippen LogP contribution in [0.25, 0.3) is 0 Å². The summed E-state index contributed by atoms with van der Waals surface area (Å²) < 4.78 is 40.1. The average Bonchev–Trinajstić information content (AvgIpc) is 2.83. The van der Waals surface area contributed by atoms with E-state index < -0.39 is 12.8 Å². The van der Waals surface area contributed by atoms with E-state index in [2.05, 4.69) is 22.0 Å². The van der Waals surface area contributed by atoms with Gasteiger partial charge in [0.15, 0.2) is 5.13 Å². The van der Waals surface area contributed by atoms with E-state index in [0.29, 0.717) is 11.0 Å². The molecule has 0 spiro atoms. The van der Waals surface area contributed by atoms with Crippen molar-refractivity contribution < 1.29 is 22.7 Å². The first-order valence-electron chi connectivity index (χ1n) is 7.30. The van der Waals surface area contributed by atoms with Crippen molar-refractivity contribution in [2.24, 2.45) is 5.92 Å². The van der Waals surface area contributed by atoms with Gasteiger partial charge in [-0.2, -0.15) is 13.2 Å². The molecule has 1 unspecified atom stereocenters. The van der Waals surface area contributed by atoms with Crippen molar-refractivity contribution in [3.8, 4) is 0 Å². The van der Waals surface area contributed by atoms with Crippen molar-refractivity contribution in [1.82, 2.24) is 4.98 Å². The van der Waals surface area contributed by atoms with Gasteiger partial charge in [-0.15, -0.1) is 11.3 Å². The van der Waals surface area contributed by atoms with Gasteiger partial charge in [0.2, 0.25) is 5.91 Å². The zero-order valence-corrected chi connectivity index (χ0v) is 13.1. The molecule has 8 heteroatoms. The predicted octanol–water partition coefficient (Wildman–Crippen LogP) is 3.57. The highest BCUT2D eigenvalue weighted by atomic mass is 32.1. The highest BCUT2D eigenvalue weighted by Crippen LogP contribution is 2.33. The summed E-state index contributed by atoms with van der Waals surface area (Å²) in [6, 6.07) is 0. The fourth-order valence-electron chi connectivity index (χ4n) is 2.38. The Morgan fingerprint density at radius 1 is 1.50 bits per heavy atom. The van der Waals surface area contributed by atoms with Gasteiger partial charge >= 0.3 is 6.18 Å². The Kier molecular flexibility index (Phi) is 5.80. The second-order valence-corrected chi connectivity index (χ2v) is 6.46. The second-order valence-electron chi connectivity index (χ2n) is 5.37. The number of amides is 1. The minimum absolute atomic E-state index is 0.113. The number of alkyl halides is 3. The van der Waals surface area contributed by atoms with E-state index in [9.17, 15) is 18.0 Å². The molecule has 0 saturated carbocycles. The molecule has 1 N–H and O–H groups in total. The number of nitrogens with zero attached hydrogens (tertiary/aromatic N) is 1. The summed E-state index contributed by atoms with van der Waals surface area (Å²) in [5.41, 5.74) is 1.04. The fraction of sp³-hybridized carbons (Fsp3) is 0.714. The summed E-state index contributed by atoms with van der Waals surface area (Å²) in [5, 5.41) is 3.17. The quantitative estimate of drug-likeness (QED) is 0.808. The summed E-state index contributed by atoms with van der Waals surface area (Å²) in [5.74, 6) is 0.299. The van der Waals surface area contributed by atoms with Crippen LogP contribution >= 0.6 is 11.3 Å². The van der Waals surface area contributed by atoms with Gasteiger partial charge in [0, 0.05) is 4.88 Å². The number of aromatic nitrogens is 1. The van der Waals surface area contributed by atoms with Crippen molar-refractivity contribution >= 4 is 22.4 Å². The lowest BCUT2D eigenvalue weighted by molar-refractivity contribution is -0.174. The number of hydrogen-bond acceptors (Lipinski definition) is 4. The zero-order valence-electron chi connectivity index (χ0n) is 12.3. The number of aryl methyl sites for hydroxylation is 1. The molecule has 1 atom stereocenters. The Morgan fingerprint density at radius 2 is 2.27 bits per heavy atom. The van der Waals surface area contributed by atoms with Gasteiger partial charge < -0.3 is 10.1 Å². The van der Waals surface area contributed by atoms with Crippen LogP contribution in [-0.2, 0) is 22.4 Å². The molecule has 0 aromatic carbocycles. The SMILES string of the molecule is CCC1CCc2nc(NC(=O)CCOCC(F)(F)F)sc2C1. The van der Waals surface area contributed by atoms with E-state index in [0.717, 1.165) is 31.4 Å². The summed E-state index contributed by atoms with van der Waals surface area (Å²) in [4.78, 5) is 17.3. The van der Waals surface area contributed by atoms with Crippen LogP contribution in [0.2, 0.25) is 0 Å². The van der Waals surface area contributed by atoms with Gasteiger partial charge in [0.25, 0.3) is 0 Å². The van der Waals surface area contributed by atoms with Crippen LogP contribution in [0.5, 0.6) is 0 Å². The lowest BCUT2D eigenvalue weighted by Gasteiger charge is -2.18. The number of halogens is 3. The maximum atomic E-state index is 11.9. The summed E-state index contributed by atoms with van der Waals surface area (Å²) in [6.45, 7) is 0.582. The number of anilines is 1. The maximum absolute atomic E-state index is 11.9. The first-order chi connectivity index (χ1) is 10.4. The number of ether oxygens (including phenoxy) is 1. The number of fused-ring (bicyclic) bond motifs is 1. The number of rotatable bonds is 6. The Balaban J connectivity index is 1.77. The van der Waals surface area contributed by atoms with Crippen molar-refractivity contribution in [1.29, 1.82) is 0 Å². The largest absolute Gasteiger partial charge is 0.411 e. The van der Waals surface area contributed by atoms with Crippen LogP contribution < -0.4 is 5.32 Å². The van der Waals surface area contributed by atoms with Crippen molar-refractivity contribution in [3.63, 3.8) is 0 Å². The topological polar surface area (TPSA) is 51.2 Å². The van der Waals surface area contributed by atoms with Crippen LogP contribution in [0.15, 0.2) is 0 Å². The molecule has 22 heavy (non-hydrogen) atoms. The zero-order chi connectivity index (χ0) is 16.2. The third-order valence-electron chi connectivity index (χ3n) is 3.60. The molecule has 1 amide bonds. The molecule has 0 fully saturated rings. The molecule has 1 aromatic heterocycles. The molecule has 124 valence electrons. The lowest BCUT2D eigenvalue weighted by Crippen LogP contribution is -2.20. The molecule has 0 aliphatic heterocycles. The Hall–Kier alpha value is -1.15. The van der Waals surface area contributed by atoms with E-state index >= 15 is 0 Å². The molecule has 0 radical (unpaired) electrons. The highest BCUT2D eigenvalue weighted by Gasteiger charge is 2.27. The Bertz CT molecular complexity index is 517. The number of thiazole rings is 1. The van der Waals surface area contributed by atoms with E-state index in [1.165, 1.54) is 16.2 Å². The molecule has 1 aromatic rings. The first kappa shape index (κ1) is 17.2. The molecular weight excluding hydrogens is 317 g/mol. The van der Waals surface area contributed by atoms with Gasteiger partial charge in [-0.25, -0.2) is 4.98 Å². The monoisotopic (exact) mass is 336 g/mol. The number of hydrogen-bond donors (Lipinski definition) is 1. The van der Waals surface area contributed by atoms with Crippen LogP contribution in [0.1, 0.15) is 36.8 Å². The molecule has 4 nitrogen and oxygen atoms in total. The molecule has 0 bridgehead atoms. The van der Waals surface area contributed by atoms with Gasteiger partial charge in [-0.1, -0.05) is 13.3 Å². The smallest absolute Gasteiger partial charge is 0.372 e. The van der Waals surface area contributed by atoms with Gasteiger partial charge in [-0.05, 0) is 25.2 Å². The predicted molar refractivity (Wildman–Crippen MR) is 78.0 cm³/mol. The number of carbonyl (C=O) groups excluding carboxylic acids is 1. The van der Waals surface area contributed by atoms with Crippen molar-refractivity contribution in [2.45, 2.75) is 45.2 Å². The summed E-state index contributed by atoms with van der Waals surface area (Å²) >= 11 is 1.46. The van der Waals surface area contributed by atoms with E-state index in [-0.39, 0.29) is 18.9 Å². The van der Waals surface area contributed by atoms with Crippen LogP contribution in [0, 0.1) is 5.92 Å². The number of carbonyl (C=O) groups is 1. The number of nitrogens with one attached hydrogen (secondary N) is 1. The maximum Gasteiger partial charge on any atom is 0.411 e. The molecule has 1 aliphatic carbocycles. The normalized spacial score (nSPS) is 18.1. The first-order valence-corrected chi connectivity index (χ1v) is 8.12. The standard InChI is InChI=1S/C14H19F3N2O2S/c1-2-9-3-4-10-11(7-9)22-13(18-10)19-12(20)5-6-21-8-14(15,16)17/h9H,2-8H2,1H3,(H,18,19,20). The molecular formula is C14H19F3N2O2S. The Labute approximate surface area is 131 Å². The van der Waals surface area contributed by atoms with Gasteiger partial charge in [-0.3, -0.25) is 4.79 Å². The van der Waals surface area contributed by atoms with Crippen LogP contribution in [-0.4, -0.2) is 30.3 Å². The lowest BCUT2D eigenvalue weighted by atomic mass is 9.89. The van der Waals surface area contributed by atoms with Gasteiger partial charge in [0.05, 0.1) is 18.7 Å². The van der Waals surface area contributed by atoms with Crippen LogP contribution in [0.4, 0.5) is 18.3 Å². The van der Waals surface area contributed by atoms with Crippen molar-refractivity contribution in [3.05, 3.63) is 10.6 Å². The highest BCUT2D eigenvalue weighted by molar-refractivity contribution is 7.15. The fourth-order valence-corrected chi connectivity index (χ4v) is 3.52. The third kappa shape index (κ3) is 5.24. The van der Waals surface area contributed by atoms with Crippen LogP contribution in [0.3, 0.4) is 0 Å².